The summed E-state index contributed by atoms with van der Waals surface area (Å²) in [6, 6.07) is 5.76. The highest BCUT2D eigenvalue weighted by atomic mass is 16.6. The SMILES string of the molecule is CCOC(=O)C1=C(CCCN=[N+]=[N-])N=C(C)C(C(=O)OC)C1c1cccc([N+](=O)[O-])c1. The van der Waals surface area contributed by atoms with Gasteiger partial charge in [0.2, 0.25) is 0 Å². The summed E-state index contributed by atoms with van der Waals surface area (Å²) in [5.41, 5.74) is 9.65. The van der Waals surface area contributed by atoms with Gasteiger partial charge in [-0.3, -0.25) is 19.9 Å². The quantitative estimate of drug-likeness (QED) is 0.110. The van der Waals surface area contributed by atoms with Crippen molar-refractivity contribution in [3.05, 3.63) is 61.7 Å². The smallest absolute Gasteiger partial charge is 0.336 e. The fourth-order valence-electron chi connectivity index (χ4n) is 3.56. The Kier molecular flexibility index (Phi) is 8.27. The zero-order valence-electron chi connectivity index (χ0n) is 17.5. The van der Waals surface area contributed by atoms with E-state index in [4.69, 9.17) is 15.0 Å². The number of hydrogen-bond acceptors (Lipinski definition) is 8. The first-order valence-electron chi connectivity index (χ1n) is 9.64. The lowest BCUT2D eigenvalue weighted by atomic mass is 9.75. The molecule has 0 bridgehead atoms. The van der Waals surface area contributed by atoms with Crippen LogP contribution in [0.5, 0.6) is 0 Å². The van der Waals surface area contributed by atoms with Crippen molar-refractivity contribution in [2.75, 3.05) is 20.3 Å². The number of allylic oxidation sites excluding steroid dienone is 1. The van der Waals surface area contributed by atoms with Crippen LogP contribution in [0.3, 0.4) is 0 Å². The van der Waals surface area contributed by atoms with Gasteiger partial charge in [-0.05, 0) is 37.8 Å². The van der Waals surface area contributed by atoms with E-state index >= 15 is 0 Å². The van der Waals surface area contributed by atoms with Crippen molar-refractivity contribution in [1.29, 1.82) is 0 Å². The maximum atomic E-state index is 12.9. The molecule has 11 nitrogen and oxygen atoms in total. The molecule has 1 aliphatic heterocycles. The van der Waals surface area contributed by atoms with Crippen LogP contribution in [0.15, 0.2) is 45.6 Å². The van der Waals surface area contributed by atoms with Crippen molar-refractivity contribution in [3.63, 3.8) is 0 Å². The summed E-state index contributed by atoms with van der Waals surface area (Å²) in [6.07, 6.45) is 0.716. The summed E-state index contributed by atoms with van der Waals surface area (Å²) >= 11 is 0. The minimum absolute atomic E-state index is 0.0988. The Balaban J connectivity index is 2.69. The van der Waals surface area contributed by atoms with Crippen molar-refractivity contribution in [2.24, 2.45) is 16.0 Å². The maximum absolute atomic E-state index is 12.9. The summed E-state index contributed by atoms with van der Waals surface area (Å²) in [7, 11) is 1.23. The second kappa shape index (κ2) is 10.9. The highest BCUT2D eigenvalue weighted by Gasteiger charge is 2.43. The average molecular weight is 429 g/mol. The number of methoxy groups -OCH3 is 1. The Morgan fingerprint density at radius 2 is 2.13 bits per heavy atom. The molecule has 2 unspecified atom stereocenters. The number of nitro groups is 1. The molecule has 0 N–H and O–H groups in total. The second-order valence-electron chi connectivity index (χ2n) is 6.72. The van der Waals surface area contributed by atoms with Crippen LogP contribution in [0.4, 0.5) is 5.69 Å². The third-order valence-electron chi connectivity index (χ3n) is 4.84. The topological polar surface area (TPSA) is 157 Å². The number of carbonyl (C=O) groups is 2. The minimum atomic E-state index is -0.952. The second-order valence-corrected chi connectivity index (χ2v) is 6.72. The lowest BCUT2D eigenvalue weighted by Gasteiger charge is -2.32. The van der Waals surface area contributed by atoms with Gasteiger partial charge in [-0.1, -0.05) is 17.2 Å². The van der Waals surface area contributed by atoms with Gasteiger partial charge >= 0.3 is 11.9 Å². The first-order chi connectivity index (χ1) is 14.8. The molecule has 2 atom stereocenters. The minimum Gasteiger partial charge on any atom is -0.468 e. The predicted molar refractivity (Wildman–Crippen MR) is 111 cm³/mol. The number of nitrogens with zero attached hydrogens (tertiary/aromatic N) is 5. The molecule has 2 rings (SSSR count). The highest BCUT2D eigenvalue weighted by molar-refractivity contribution is 6.07. The van der Waals surface area contributed by atoms with Crippen LogP contribution in [0.1, 0.15) is 38.2 Å². The van der Waals surface area contributed by atoms with Gasteiger partial charge < -0.3 is 9.47 Å². The van der Waals surface area contributed by atoms with Crippen molar-refractivity contribution < 1.29 is 24.0 Å². The molecule has 1 aromatic carbocycles. The fraction of sp³-hybridized carbons (Fsp3) is 0.450. The van der Waals surface area contributed by atoms with E-state index in [1.807, 2.05) is 0 Å². The van der Waals surface area contributed by atoms with Gasteiger partial charge in [-0.25, -0.2) is 4.79 Å². The van der Waals surface area contributed by atoms with Gasteiger partial charge in [0.25, 0.3) is 5.69 Å². The average Bonchev–Trinajstić information content (AvgIpc) is 2.75. The molecule has 1 aliphatic rings. The molecule has 31 heavy (non-hydrogen) atoms. The summed E-state index contributed by atoms with van der Waals surface area (Å²) < 4.78 is 10.2. The number of non-ortho nitro benzene ring substituents is 1. The van der Waals surface area contributed by atoms with E-state index in [2.05, 4.69) is 15.0 Å². The summed E-state index contributed by atoms with van der Waals surface area (Å²) in [5.74, 6) is -3.11. The van der Waals surface area contributed by atoms with Crippen LogP contribution in [-0.4, -0.2) is 42.8 Å². The van der Waals surface area contributed by atoms with Gasteiger partial charge in [0.05, 0.1) is 29.9 Å². The summed E-state index contributed by atoms with van der Waals surface area (Å²) in [5, 5.41) is 14.8. The number of carbonyl (C=O) groups excluding carboxylic acids is 2. The lowest BCUT2D eigenvalue weighted by molar-refractivity contribution is -0.384. The molecule has 11 heteroatoms. The zero-order valence-corrected chi connectivity index (χ0v) is 17.5. The number of nitro benzene ring substituents is 1. The van der Waals surface area contributed by atoms with E-state index in [-0.39, 0.29) is 24.4 Å². The van der Waals surface area contributed by atoms with Gasteiger partial charge in [-0.15, -0.1) is 0 Å². The molecule has 1 heterocycles. The van der Waals surface area contributed by atoms with E-state index in [0.717, 1.165) is 0 Å². The van der Waals surface area contributed by atoms with Crippen LogP contribution >= 0.6 is 0 Å². The van der Waals surface area contributed by atoms with Crippen LogP contribution < -0.4 is 0 Å². The van der Waals surface area contributed by atoms with Gasteiger partial charge in [0.1, 0.15) is 5.92 Å². The van der Waals surface area contributed by atoms with Crippen molar-refractivity contribution in [1.82, 2.24) is 0 Å². The molecule has 0 saturated heterocycles. The Morgan fingerprint density at radius 1 is 1.39 bits per heavy atom. The molecule has 0 saturated carbocycles. The molecule has 164 valence electrons. The van der Waals surface area contributed by atoms with E-state index in [1.165, 1.54) is 25.3 Å². The third-order valence-corrected chi connectivity index (χ3v) is 4.84. The van der Waals surface area contributed by atoms with Crippen LogP contribution in [0.25, 0.3) is 10.4 Å². The van der Waals surface area contributed by atoms with Gasteiger partial charge in [0.15, 0.2) is 0 Å². The fourth-order valence-corrected chi connectivity index (χ4v) is 3.56. The molecule has 0 amide bonds. The van der Waals surface area contributed by atoms with Crippen molar-refractivity contribution in [3.8, 4) is 0 Å². The molecular weight excluding hydrogens is 406 g/mol. The molecule has 0 fully saturated rings. The summed E-state index contributed by atoms with van der Waals surface area (Å²) in [4.78, 5) is 43.5. The molecular formula is C20H23N5O6. The predicted octanol–water partition coefficient (Wildman–Crippen LogP) is 3.85. The number of hydrogen-bond donors (Lipinski definition) is 0. The van der Waals surface area contributed by atoms with E-state index in [1.54, 1.807) is 19.9 Å². The first kappa shape index (κ1) is 23.6. The number of aliphatic imine (C=N–C) groups is 1. The largest absolute Gasteiger partial charge is 0.468 e. The molecule has 0 aliphatic carbocycles. The number of ether oxygens (including phenoxy) is 2. The van der Waals surface area contributed by atoms with Crippen LogP contribution in [0, 0.1) is 16.0 Å². The Labute approximate surface area is 178 Å². The van der Waals surface area contributed by atoms with E-state index < -0.39 is 28.7 Å². The number of esters is 2. The molecule has 1 aromatic rings. The van der Waals surface area contributed by atoms with Crippen molar-refractivity contribution >= 4 is 23.3 Å². The number of benzene rings is 1. The Hall–Kier alpha value is -3.72. The first-order valence-corrected chi connectivity index (χ1v) is 9.64. The van der Waals surface area contributed by atoms with Gasteiger partial charge in [0, 0.05) is 35.2 Å². The monoisotopic (exact) mass is 429 g/mol. The van der Waals surface area contributed by atoms with E-state index in [0.29, 0.717) is 29.8 Å². The zero-order chi connectivity index (χ0) is 23.0. The Bertz CT molecular complexity index is 980. The van der Waals surface area contributed by atoms with Crippen LogP contribution in [-0.2, 0) is 19.1 Å². The lowest BCUT2D eigenvalue weighted by Crippen LogP contribution is -2.36. The standard InChI is InChI=1S/C20H23N5O6/c1-4-31-20(27)18-15(9-6-10-22-24-21)23-12(2)16(19(26)30-3)17(18)13-7-5-8-14(11-13)25(28)29/h5,7-8,11,16-17H,4,6,9-10H2,1-3H3. The van der Waals surface area contributed by atoms with Crippen molar-refractivity contribution in [2.45, 2.75) is 32.6 Å². The number of azide groups is 1. The third kappa shape index (κ3) is 5.46. The molecule has 0 radical (unpaired) electrons. The maximum Gasteiger partial charge on any atom is 0.336 e. The normalized spacial score (nSPS) is 18.0. The van der Waals surface area contributed by atoms with Gasteiger partial charge in [-0.2, -0.15) is 0 Å². The molecule has 0 spiro atoms. The number of rotatable bonds is 9. The summed E-state index contributed by atoms with van der Waals surface area (Å²) in [6.45, 7) is 3.59. The highest BCUT2D eigenvalue weighted by Crippen LogP contribution is 2.42. The Morgan fingerprint density at radius 3 is 2.74 bits per heavy atom. The van der Waals surface area contributed by atoms with E-state index in [9.17, 15) is 19.7 Å². The molecule has 0 aromatic heterocycles. The van der Waals surface area contributed by atoms with Crippen LogP contribution in [0.2, 0.25) is 0 Å².